The summed E-state index contributed by atoms with van der Waals surface area (Å²) < 4.78 is 57.5. The Morgan fingerprint density at radius 2 is 1.84 bits per heavy atom. The van der Waals surface area contributed by atoms with Gasteiger partial charge in [0.2, 0.25) is 17.9 Å². The highest BCUT2D eigenvalue weighted by molar-refractivity contribution is 5.76. The van der Waals surface area contributed by atoms with Crippen molar-refractivity contribution in [2.75, 3.05) is 36.9 Å². The topological polar surface area (TPSA) is 141 Å². The number of rotatable bonds is 9. The molecule has 2 aromatic heterocycles. The summed E-state index contributed by atoms with van der Waals surface area (Å²) >= 11 is 0. The molecule has 11 nitrogen and oxygen atoms in total. The molecule has 2 aliphatic rings. The summed E-state index contributed by atoms with van der Waals surface area (Å²) in [6.07, 6.45) is -3.52. The van der Waals surface area contributed by atoms with E-state index in [4.69, 9.17) is 15.2 Å². The lowest BCUT2D eigenvalue weighted by molar-refractivity contribution is -0.198. The molecule has 260 valence electrons. The van der Waals surface area contributed by atoms with E-state index in [-0.39, 0.29) is 47.1 Å². The molecule has 1 spiro atoms. The van der Waals surface area contributed by atoms with Crippen molar-refractivity contribution in [1.82, 2.24) is 25.1 Å². The normalized spacial score (nSPS) is 18.1. The molecule has 2 aromatic carbocycles. The van der Waals surface area contributed by atoms with Crippen LogP contribution in [0.1, 0.15) is 54.7 Å². The molecule has 4 N–H and O–H groups in total. The van der Waals surface area contributed by atoms with Crippen LogP contribution in [-0.4, -0.2) is 69.3 Å². The Labute approximate surface area is 282 Å². The molecule has 2 aliphatic heterocycles. The molecule has 4 heterocycles. The average molecular weight is 680 g/mol. The molecule has 0 saturated carbocycles. The Balaban J connectivity index is 1.30. The van der Waals surface area contributed by atoms with E-state index >= 15 is 13.2 Å². The highest BCUT2D eigenvalue weighted by atomic mass is 19.4. The minimum atomic E-state index is -4.85. The molecule has 4 aromatic rings. The lowest BCUT2D eigenvalue weighted by Gasteiger charge is -2.39. The number of nitrogens with two attached hydrogens (primary N) is 1. The highest BCUT2D eigenvalue weighted by Crippen LogP contribution is 2.43. The number of aryl methyl sites for hydroxylation is 2. The van der Waals surface area contributed by atoms with Gasteiger partial charge in [-0.15, -0.1) is 0 Å². The lowest BCUT2D eigenvalue weighted by atomic mass is 9.76. The Bertz CT molecular complexity index is 1820. The van der Waals surface area contributed by atoms with E-state index in [1.54, 1.807) is 50.4 Å². The van der Waals surface area contributed by atoms with Crippen LogP contribution in [0.15, 0.2) is 54.7 Å². The second kappa shape index (κ2) is 13.7. The van der Waals surface area contributed by atoms with Crippen LogP contribution in [0.4, 0.5) is 24.9 Å². The minimum Gasteiger partial charge on any atom is -0.465 e. The van der Waals surface area contributed by atoms with Crippen LogP contribution in [0, 0.1) is 19.3 Å². The van der Waals surface area contributed by atoms with Crippen molar-refractivity contribution in [3.8, 4) is 22.7 Å². The van der Waals surface area contributed by atoms with Crippen LogP contribution in [0.2, 0.25) is 0 Å². The molecule has 6 rings (SSSR count). The van der Waals surface area contributed by atoms with Crippen molar-refractivity contribution < 1.29 is 32.5 Å². The van der Waals surface area contributed by atoms with E-state index < -0.39 is 12.3 Å². The third-order valence-corrected chi connectivity index (χ3v) is 9.45. The number of hydrogen-bond donors (Lipinski definition) is 3. The number of anilines is 2. The number of nitrogen functional groups attached to an aromatic ring is 1. The van der Waals surface area contributed by atoms with Gasteiger partial charge in [-0.3, -0.25) is 4.79 Å². The first-order valence-electron chi connectivity index (χ1n) is 16.3. The number of hydrogen-bond acceptors (Lipinski definition) is 10. The summed E-state index contributed by atoms with van der Waals surface area (Å²) in [7, 11) is 0. The first-order valence-corrected chi connectivity index (χ1v) is 16.3. The van der Waals surface area contributed by atoms with Gasteiger partial charge in [-0.05, 0) is 85.9 Å². The molecule has 0 radical (unpaired) electrons. The van der Waals surface area contributed by atoms with Crippen LogP contribution < -0.4 is 20.7 Å². The predicted octanol–water partition coefficient (Wildman–Crippen LogP) is 5.21. The van der Waals surface area contributed by atoms with Crippen LogP contribution >= 0.6 is 0 Å². The van der Waals surface area contributed by atoms with Gasteiger partial charge in [0.15, 0.2) is 0 Å². The van der Waals surface area contributed by atoms with Crippen molar-refractivity contribution in [3.05, 3.63) is 77.1 Å². The molecule has 2 fully saturated rings. The number of aliphatic hydroxyl groups is 1. The quantitative estimate of drug-likeness (QED) is 0.202. The van der Waals surface area contributed by atoms with Gasteiger partial charge in [-0.1, -0.05) is 24.3 Å². The van der Waals surface area contributed by atoms with Gasteiger partial charge in [-0.2, -0.15) is 28.2 Å². The number of aliphatic hydroxyl groups excluding tert-OH is 1. The summed E-state index contributed by atoms with van der Waals surface area (Å²) in [4.78, 5) is 22.6. The molecule has 14 heteroatoms. The van der Waals surface area contributed by atoms with Gasteiger partial charge in [0.05, 0.1) is 24.6 Å². The van der Waals surface area contributed by atoms with E-state index in [0.717, 1.165) is 24.0 Å². The minimum absolute atomic E-state index is 0.0869. The van der Waals surface area contributed by atoms with Crippen LogP contribution in [0.3, 0.4) is 0 Å². The average Bonchev–Trinajstić information content (AvgIpc) is 3.69. The van der Waals surface area contributed by atoms with E-state index in [0.29, 0.717) is 55.3 Å². The van der Waals surface area contributed by atoms with Crippen LogP contribution in [0.25, 0.3) is 16.8 Å². The summed E-state index contributed by atoms with van der Waals surface area (Å²) in [6.45, 7) is 7.35. The van der Waals surface area contributed by atoms with Crippen LogP contribution in [-0.2, 0) is 16.1 Å². The SMILES string of the molecule is CCOC(=O)[C@@H]1CC2(CCN(c3cc(O[C@H](c4cc(-c5ccc(CO)c(C)c5)ccc4-n4ccc(C)n4)C(F)(F)F)nc(N)n3)CC2)CN1. The monoisotopic (exact) mass is 679 g/mol. The second-order valence-corrected chi connectivity index (χ2v) is 12.8. The second-order valence-electron chi connectivity index (χ2n) is 12.8. The smallest absolute Gasteiger partial charge is 0.429 e. The standard InChI is InChI=1S/C35H40F3N7O4/c1-4-48-32(47)27-18-34(20-40-27)10-13-44(14-11-34)29-17-30(42-33(39)41-29)49-31(35(36,37)38)26-16-24(23-5-6-25(19-46)21(2)15-23)7-8-28(26)45-12-9-22(3)43-45/h5-9,12,15-17,27,31,40,46H,4,10-11,13-14,18-20H2,1-3H3,(H2,39,41,42)/t27-,31+/m0/s1. The molecular weight excluding hydrogens is 639 g/mol. The van der Waals surface area contributed by atoms with Crippen molar-refractivity contribution >= 4 is 17.7 Å². The summed E-state index contributed by atoms with van der Waals surface area (Å²) in [5.74, 6) is -0.416. The number of nitrogens with one attached hydrogen (secondary N) is 1. The fourth-order valence-corrected chi connectivity index (χ4v) is 6.75. The van der Waals surface area contributed by atoms with Gasteiger partial charge in [0, 0.05) is 37.5 Å². The molecule has 0 unspecified atom stereocenters. The van der Waals surface area contributed by atoms with Gasteiger partial charge < -0.3 is 30.5 Å². The molecular formula is C35H40F3N7O4. The number of piperidine rings is 1. The van der Waals surface area contributed by atoms with Crippen molar-refractivity contribution in [2.24, 2.45) is 5.41 Å². The number of carbonyl (C=O) groups is 1. The van der Waals surface area contributed by atoms with E-state index in [1.165, 1.54) is 16.8 Å². The number of benzene rings is 2. The fraction of sp³-hybridized carbons (Fsp3) is 0.429. The summed E-state index contributed by atoms with van der Waals surface area (Å²) in [6, 6.07) is 12.9. The van der Waals surface area contributed by atoms with Crippen molar-refractivity contribution in [3.63, 3.8) is 0 Å². The van der Waals surface area contributed by atoms with Gasteiger partial charge in [0.25, 0.3) is 0 Å². The third-order valence-electron chi connectivity index (χ3n) is 9.45. The predicted molar refractivity (Wildman–Crippen MR) is 177 cm³/mol. The Kier molecular flexibility index (Phi) is 9.54. The number of halogens is 3. The zero-order valence-corrected chi connectivity index (χ0v) is 27.6. The van der Waals surface area contributed by atoms with E-state index in [9.17, 15) is 9.90 Å². The third kappa shape index (κ3) is 7.35. The number of alkyl halides is 3. The van der Waals surface area contributed by atoms with Crippen molar-refractivity contribution in [1.29, 1.82) is 0 Å². The zero-order valence-electron chi connectivity index (χ0n) is 27.6. The van der Waals surface area contributed by atoms with E-state index in [1.807, 2.05) is 17.9 Å². The molecule has 0 amide bonds. The number of esters is 1. The van der Waals surface area contributed by atoms with Crippen molar-refractivity contribution in [2.45, 2.75) is 65.0 Å². The van der Waals surface area contributed by atoms with Gasteiger partial charge in [0.1, 0.15) is 11.9 Å². The first kappa shape index (κ1) is 34.2. The zero-order chi connectivity index (χ0) is 34.9. The molecule has 0 aliphatic carbocycles. The highest BCUT2D eigenvalue weighted by Gasteiger charge is 2.46. The Morgan fingerprint density at radius 1 is 1.10 bits per heavy atom. The summed E-state index contributed by atoms with van der Waals surface area (Å²) in [5, 5.41) is 17.3. The summed E-state index contributed by atoms with van der Waals surface area (Å²) in [5.41, 5.74) is 9.37. The number of carbonyl (C=O) groups excluding carboxylic acids is 1. The Morgan fingerprint density at radius 3 is 2.49 bits per heavy atom. The molecule has 2 atom stereocenters. The largest absolute Gasteiger partial charge is 0.465 e. The van der Waals surface area contributed by atoms with E-state index in [2.05, 4.69) is 20.4 Å². The first-order chi connectivity index (χ1) is 23.4. The fourth-order valence-electron chi connectivity index (χ4n) is 6.75. The Hall–Kier alpha value is -4.69. The lowest BCUT2D eigenvalue weighted by Crippen LogP contribution is -2.41. The molecule has 2 saturated heterocycles. The van der Waals surface area contributed by atoms with Gasteiger partial charge >= 0.3 is 12.1 Å². The molecule has 0 bridgehead atoms. The van der Waals surface area contributed by atoms with Gasteiger partial charge in [-0.25, -0.2) is 4.68 Å². The number of aromatic nitrogens is 4. The maximum absolute atomic E-state index is 15.0. The maximum Gasteiger partial charge on any atom is 0.429 e. The number of nitrogens with zero attached hydrogens (tertiary/aromatic N) is 5. The maximum atomic E-state index is 15.0. The number of ether oxygens (including phenoxy) is 2. The van der Waals surface area contributed by atoms with Crippen LogP contribution in [0.5, 0.6) is 5.88 Å². The molecule has 49 heavy (non-hydrogen) atoms.